The first-order chi connectivity index (χ1) is 15.9. The molecule has 0 aliphatic carbocycles. The van der Waals surface area contributed by atoms with Crippen molar-refractivity contribution in [3.8, 4) is 5.75 Å². The Morgan fingerprint density at radius 2 is 1.67 bits per heavy atom. The second-order valence-electron chi connectivity index (χ2n) is 7.16. The Morgan fingerprint density at radius 3 is 2.33 bits per heavy atom. The molecule has 0 fully saturated rings. The van der Waals surface area contributed by atoms with Crippen LogP contribution in [0.5, 0.6) is 5.75 Å². The molecule has 0 saturated carbocycles. The monoisotopic (exact) mass is 510 g/mol. The molecule has 2 amide bonds. The van der Waals surface area contributed by atoms with E-state index in [-0.39, 0.29) is 6.54 Å². The summed E-state index contributed by atoms with van der Waals surface area (Å²) in [4.78, 5) is 37.9. The zero-order chi connectivity index (χ0) is 23.8. The van der Waals surface area contributed by atoms with E-state index in [0.29, 0.717) is 22.6 Å². The second kappa shape index (κ2) is 11.3. The van der Waals surface area contributed by atoms with E-state index in [2.05, 4.69) is 26.6 Å². The van der Waals surface area contributed by atoms with Gasteiger partial charge in [0, 0.05) is 15.6 Å². The van der Waals surface area contributed by atoms with Crippen LogP contribution in [0.15, 0.2) is 77.3 Å². The number of benzene rings is 3. The predicted molar refractivity (Wildman–Crippen MR) is 128 cm³/mol. The SMILES string of the molecule is COc1ccc(C)cc1NC(=O)[C@@H](OC(=O)CNC(=O)c1ccc(Br)cc1)c1ccccc1. The van der Waals surface area contributed by atoms with E-state index < -0.39 is 23.9 Å². The number of ether oxygens (including phenoxy) is 2. The Kier molecular flexibility index (Phi) is 8.21. The summed E-state index contributed by atoms with van der Waals surface area (Å²) in [5, 5.41) is 5.28. The Labute approximate surface area is 200 Å². The number of methoxy groups -OCH3 is 1. The van der Waals surface area contributed by atoms with E-state index in [0.717, 1.165) is 10.0 Å². The fourth-order valence-corrected chi connectivity index (χ4v) is 3.31. The molecule has 0 spiro atoms. The highest BCUT2D eigenvalue weighted by Crippen LogP contribution is 2.27. The minimum absolute atomic E-state index is 0.390. The number of carbonyl (C=O) groups excluding carboxylic acids is 3. The van der Waals surface area contributed by atoms with E-state index in [1.165, 1.54) is 7.11 Å². The second-order valence-corrected chi connectivity index (χ2v) is 8.08. The fraction of sp³-hybridized carbons (Fsp3) is 0.160. The van der Waals surface area contributed by atoms with Gasteiger partial charge in [-0.2, -0.15) is 0 Å². The number of nitrogens with one attached hydrogen (secondary N) is 2. The molecule has 0 heterocycles. The molecule has 0 saturated heterocycles. The van der Waals surface area contributed by atoms with E-state index in [9.17, 15) is 14.4 Å². The summed E-state index contributed by atoms with van der Waals surface area (Å²) in [5.41, 5.74) is 2.28. The van der Waals surface area contributed by atoms with Crippen LogP contribution in [0.25, 0.3) is 0 Å². The molecule has 3 rings (SSSR count). The maximum Gasteiger partial charge on any atom is 0.326 e. The highest BCUT2D eigenvalue weighted by molar-refractivity contribution is 9.10. The number of aryl methyl sites for hydroxylation is 1. The Morgan fingerprint density at radius 1 is 0.970 bits per heavy atom. The summed E-state index contributed by atoms with van der Waals surface area (Å²) in [6.45, 7) is 1.50. The zero-order valence-corrected chi connectivity index (χ0v) is 19.7. The summed E-state index contributed by atoms with van der Waals surface area (Å²) >= 11 is 3.30. The molecule has 8 heteroatoms. The molecule has 3 aromatic rings. The Balaban J connectivity index is 1.71. The van der Waals surface area contributed by atoms with Gasteiger partial charge in [-0.05, 0) is 48.9 Å². The van der Waals surface area contributed by atoms with E-state index in [1.807, 2.05) is 13.0 Å². The maximum atomic E-state index is 13.1. The largest absolute Gasteiger partial charge is 0.495 e. The molecule has 7 nitrogen and oxygen atoms in total. The van der Waals surface area contributed by atoms with Crippen molar-refractivity contribution < 1.29 is 23.9 Å². The van der Waals surface area contributed by atoms with Crippen LogP contribution in [-0.4, -0.2) is 31.4 Å². The summed E-state index contributed by atoms with van der Waals surface area (Å²) in [7, 11) is 1.50. The van der Waals surface area contributed by atoms with E-state index in [1.54, 1.807) is 66.7 Å². The van der Waals surface area contributed by atoms with Crippen molar-refractivity contribution in [1.82, 2.24) is 5.32 Å². The molecule has 1 atom stereocenters. The van der Waals surface area contributed by atoms with Crippen LogP contribution in [-0.2, 0) is 14.3 Å². The third-order valence-electron chi connectivity index (χ3n) is 4.70. The molecular formula is C25H23BrN2O5. The van der Waals surface area contributed by atoms with Gasteiger partial charge in [-0.25, -0.2) is 0 Å². The molecule has 0 unspecified atom stereocenters. The average Bonchev–Trinajstić information content (AvgIpc) is 2.82. The standard InChI is InChI=1S/C25H23BrN2O5/c1-16-8-13-21(32-2)20(14-16)28-25(31)23(17-6-4-3-5-7-17)33-22(29)15-27-24(30)18-9-11-19(26)12-10-18/h3-14,23H,15H2,1-2H3,(H,27,30)(H,28,31)/t23-/m0/s1. The molecule has 0 aromatic heterocycles. The number of rotatable bonds is 8. The van der Waals surface area contributed by atoms with Gasteiger partial charge in [0.2, 0.25) is 6.10 Å². The molecule has 33 heavy (non-hydrogen) atoms. The molecule has 0 aliphatic rings. The lowest BCUT2D eigenvalue weighted by molar-refractivity contribution is -0.153. The van der Waals surface area contributed by atoms with Crippen molar-refractivity contribution in [1.29, 1.82) is 0 Å². The summed E-state index contributed by atoms with van der Waals surface area (Å²) in [5.74, 6) is -1.24. The minimum Gasteiger partial charge on any atom is -0.495 e. The maximum absolute atomic E-state index is 13.1. The normalized spacial score (nSPS) is 11.2. The van der Waals surface area contributed by atoms with Crippen molar-refractivity contribution in [3.05, 3.63) is 94.0 Å². The van der Waals surface area contributed by atoms with Gasteiger partial charge in [0.25, 0.3) is 11.8 Å². The van der Waals surface area contributed by atoms with Gasteiger partial charge in [-0.15, -0.1) is 0 Å². The van der Waals surface area contributed by atoms with Gasteiger partial charge >= 0.3 is 5.97 Å². The molecular weight excluding hydrogens is 488 g/mol. The van der Waals surface area contributed by atoms with Crippen molar-refractivity contribution >= 4 is 39.4 Å². The highest BCUT2D eigenvalue weighted by Gasteiger charge is 2.26. The third kappa shape index (κ3) is 6.66. The number of amides is 2. The van der Waals surface area contributed by atoms with Gasteiger partial charge < -0.3 is 20.1 Å². The van der Waals surface area contributed by atoms with Crippen LogP contribution in [0.3, 0.4) is 0 Å². The van der Waals surface area contributed by atoms with Gasteiger partial charge in [-0.3, -0.25) is 14.4 Å². The number of anilines is 1. The number of esters is 1. The lowest BCUT2D eigenvalue weighted by atomic mass is 10.1. The quantitative estimate of drug-likeness (QED) is 0.437. The fourth-order valence-electron chi connectivity index (χ4n) is 3.05. The van der Waals surface area contributed by atoms with Gasteiger partial charge in [0.15, 0.2) is 0 Å². The van der Waals surface area contributed by atoms with Crippen LogP contribution in [0.1, 0.15) is 27.6 Å². The molecule has 0 aliphatic heterocycles. The highest BCUT2D eigenvalue weighted by atomic mass is 79.9. The predicted octanol–water partition coefficient (Wildman–Crippen LogP) is 4.42. The number of hydrogen-bond acceptors (Lipinski definition) is 5. The van der Waals surface area contributed by atoms with E-state index in [4.69, 9.17) is 9.47 Å². The first-order valence-electron chi connectivity index (χ1n) is 10.1. The van der Waals surface area contributed by atoms with Crippen molar-refractivity contribution in [2.75, 3.05) is 19.0 Å². The van der Waals surface area contributed by atoms with Crippen LogP contribution in [0, 0.1) is 6.92 Å². The van der Waals surface area contributed by atoms with Crippen LogP contribution >= 0.6 is 15.9 Å². The van der Waals surface area contributed by atoms with Crippen LogP contribution in [0.4, 0.5) is 5.69 Å². The Hall–Kier alpha value is -3.65. The van der Waals surface area contributed by atoms with Crippen LogP contribution < -0.4 is 15.4 Å². The zero-order valence-electron chi connectivity index (χ0n) is 18.1. The summed E-state index contributed by atoms with van der Waals surface area (Å²) in [6, 6.07) is 20.7. The van der Waals surface area contributed by atoms with Crippen molar-refractivity contribution in [3.63, 3.8) is 0 Å². The lowest BCUT2D eigenvalue weighted by Crippen LogP contribution is -2.33. The Bertz CT molecular complexity index is 1130. The number of carbonyl (C=O) groups is 3. The smallest absolute Gasteiger partial charge is 0.326 e. The van der Waals surface area contributed by atoms with Gasteiger partial charge in [0.1, 0.15) is 12.3 Å². The third-order valence-corrected chi connectivity index (χ3v) is 5.23. The molecule has 0 bridgehead atoms. The average molecular weight is 511 g/mol. The molecule has 170 valence electrons. The van der Waals surface area contributed by atoms with E-state index >= 15 is 0 Å². The molecule has 2 N–H and O–H groups in total. The first kappa shape index (κ1) is 24.0. The van der Waals surface area contributed by atoms with Gasteiger partial charge in [-0.1, -0.05) is 52.3 Å². The number of hydrogen-bond donors (Lipinski definition) is 2. The molecule has 0 radical (unpaired) electrons. The van der Waals surface area contributed by atoms with Gasteiger partial charge in [0.05, 0.1) is 12.8 Å². The first-order valence-corrected chi connectivity index (χ1v) is 10.9. The topological polar surface area (TPSA) is 93.7 Å². The summed E-state index contributed by atoms with van der Waals surface area (Å²) < 4.78 is 11.6. The van der Waals surface area contributed by atoms with Crippen molar-refractivity contribution in [2.24, 2.45) is 0 Å². The van der Waals surface area contributed by atoms with Crippen LogP contribution in [0.2, 0.25) is 0 Å². The van der Waals surface area contributed by atoms with Crippen molar-refractivity contribution in [2.45, 2.75) is 13.0 Å². The number of halogens is 1. The summed E-state index contributed by atoms with van der Waals surface area (Å²) in [6.07, 6.45) is -1.21. The lowest BCUT2D eigenvalue weighted by Gasteiger charge is -2.19. The minimum atomic E-state index is -1.21. The molecule has 3 aromatic carbocycles.